The second-order valence-corrected chi connectivity index (χ2v) is 17.3. The van der Waals surface area contributed by atoms with E-state index in [-0.39, 0.29) is 78.3 Å². The first-order valence-electron chi connectivity index (χ1n) is 21.9. The van der Waals surface area contributed by atoms with Gasteiger partial charge in [0.1, 0.15) is 18.1 Å². The zero-order valence-electron chi connectivity index (χ0n) is 37.1. The summed E-state index contributed by atoms with van der Waals surface area (Å²) in [7, 11) is 0.249. The Hall–Kier alpha value is -5.44. The van der Waals surface area contributed by atoms with E-state index in [1.54, 1.807) is 35.6 Å². The Kier molecular flexibility index (Phi) is 16.4. The SMILES string of the molecule is CC(C)[C@H](NC(=O)CNC(=O)CC[C@@H]1C(=O)OC23OC(=O)CN4CCN(CCN1CCN(CC4)CC(=O)O2)CC(=O)O3)C(=O)N[C@H](C)C(=O)N1CCCC1B1OC(=O)CN(C)CC(=O)O1. The van der Waals surface area contributed by atoms with Gasteiger partial charge in [-0.2, -0.15) is 0 Å². The molecule has 1 spiro atoms. The van der Waals surface area contributed by atoms with Crippen LogP contribution in [0.15, 0.2) is 0 Å². The first-order valence-corrected chi connectivity index (χ1v) is 21.9. The lowest BCUT2D eigenvalue weighted by atomic mass is 9.76. The standard InChI is InChI=1S/C39H58BN9O16/c1-24(2)35(36(57)42-25(3)37(58)49-9-5-6-27(49)40-64-33(55)19-44(4)20-34(56)65-40)43-29(51)18-41-28(50)8-7-26-38(59)63-39-60-30(52)21-45-10-12-46(22-31(53)61-39)14-16-48(26)17-15-47(13-11-45)23-32(54)62-39/h24-27,35H,5-23H2,1-4H3,(H,41,50)(H,42,57)(H,43,51)/t25-,26-,27?,35+/m1/s1. The third kappa shape index (κ3) is 13.3. The lowest BCUT2D eigenvalue weighted by Crippen LogP contribution is -2.58. The van der Waals surface area contributed by atoms with Crippen LogP contribution in [0.4, 0.5) is 0 Å². The second kappa shape index (κ2) is 21.7. The molecular weight excluding hydrogens is 861 g/mol. The van der Waals surface area contributed by atoms with Gasteiger partial charge in [-0.3, -0.25) is 72.4 Å². The van der Waals surface area contributed by atoms with Crippen molar-refractivity contribution in [2.24, 2.45) is 5.92 Å². The van der Waals surface area contributed by atoms with E-state index in [2.05, 4.69) is 16.0 Å². The van der Waals surface area contributed by atoms with Crippen molar-refractivity contribution in [3.63, 3.8) is 0 Å². The van der Waals surface area contributed by atoms with E-state index in [4.69, 9.17) is 28.3 Å². The van der Waals surface area contributed by atoms with Crippen LogP contribution < -0.4 is 16.0 Å². The zero-order valence-corrected chi connectivity index (χ0v) is 37.1. The van der Waals surface area contributed by atoms with E-state index in [9.17, 15) is 47.9 Å². The van der Waals surface area contributed by atoms with Crippen LogP contribution in [0.2, 0.25) is 0 Å². The molecule has 6 saturated heterocycles. The van der Waals surface area contributed by atoms with Gasteiger partial charge < -0.3 is 49.1 Å². The Morgan fingerprint density at radius 2 is 1.20 bits per heavy atom. The van der Waals surface area contributed by atoms with Crippen LogP contribution in [-0.2, 0) is 76.2 Å². The number of likely N-dealkylation sites (tertiary alicyclic amines) is 1. The minimum Gasteiger partial charge on any atom is -0.497 e. The highest BCUT2D eigenvalue weighted by molar-refractivity contribution is 6.51. The number of rotatable bonds is 11. The molecule has 0 saturated carbocycles. The van der Waals surface area contributed by atoms with Crippen molar-refractivity contribution >= 4 is 66.6 Å². The molecule has 0 aliphatic carbocycles. The van der Waals surface area contributed by atoms with Gasteiger partial charge in [0.25, 0.3) is 0 Å². The van der Waals surface area contributed by atoms with Crippen LogP contribution in [0.5, 0.6) is 0 Å². The summed E-state index contributed by atoms with van der Waals surface area (Å²) in [5, 5.41) is 7.73. The van der Waals surface area contributed by atoms with Gasteiger partial charge in [-0.1, -0.05) is 13.8 Å². The smallest absolute Gasteiger partial charge is 0.497 e. The molecule has 6 aliphatic rings. The number of hydrogen-bond donors (Lipinski definition) is 3. The van der Waals surface area contributed by atoms with Crippen molar-refractivity contribution in [2.45, 2.75) is 76.7 Å². The molecule has 358 valence electrons. The molecule has 4 amide bonds. The first-order chi connectivity index (χ1) is 30.9. The minimum atomic E-state index is -3.17. The Labute approximate surface area is 375 Å². The van der Waals surface area contributed by atoms with Crippen molar-refractivity contribution in [1.29, 1.82) is 0 Å². The number of esters is 4. The Morgan fingerprint density at radius 1 is 0.677 bits per heavy atom. The Morgan fingerprint density at radius 3 is 1.72 bits per heavy atom. The van der Waals surface area contributed by atoms with Gasteiger partial charge in [-0.05, 0) is 39.2 Å². The molecule has 25 nitrogen and oxygen atoms in total. The maximum absolute atomic E-state index is 14.0. The molecule has 0 radical (unpaired) electrons. The number of nitrogens with one attached hydrogen (secondary N) is 3. The van der Waals surface area contributed by atoms with E-state index < -0.39 is 109 Å². The summed E-state index contributed by atoms with van der Waals surface area (Å²) in [6.45, 7) is 5.84. The van der Waals surface area contributed by atoms with Gasteiger partial charge in [-0.25, -0.2) is 0 Å². The summed E-state index contributed by atoms with van der Waals surface area (Å²) in [5.74, 6) is -9.07. The summed E-state index contributed by atoms with van der Waals surface area (Å²) in [5.41, 5.74) is 0. The number of hydrogen-bond acceptors (Lipinski definition) is 21. The van der Waals surface area contributed by atoms with Crippen LogP contribution in [0.3, 0.4) is 0 Å². The van der Waals surface area contributed by atoms with E-state index in [0.717, 1.165) is 0 Å². The first kappa shape index (κ1) is 49.0. The van der Waals surface area contributed by atoms with Crippen LogP contribution in [0, 0.1) is 5.92 Å². The fraction of sp³-hybridized carbons (Fsp3) is 0.744. The quantitative estimate of drug-likeness (QED) is 0.129. The number of carbonyl (C=O) groups is 10. The van der Waals surface area contributed by atoms with E-state index in [0.29, 0.717) is 39.0 Å². The van der Waals surface area contributed by atoms with Gasteiger partial charge in [0.15, 0.2) is 0 Å². The van der Waals surface area contributed by atoms with Crippen molar-refractivity contribution < 1.29 is 76.2 Å². The molecule has 0 aromatic rings. The lowest BCUT2D eigenvalue weighted by molar-refractivity contribution is -0.432. The summed E-state index contributed by atoms with van der Waals surface area (Å²) in [6.07, 6.45) is -2.76. The third-order valence-electron chi connectivity index (χ3n) is 11.9. The van der Waals surface area contributed by atoms with Crippen molar-refractivity contribution in [3.8, 4) is 0 Å². The van der Waals surface area contributed by atoms with Crippen molar-refractivity contribution in [2.75, 3.05) is 105 Å². The fourth-order valence-corrected chi connectivity index (χ4v) is 8.44. The average molecular weight is 920 g/mol. The van der Waals surface area contributed by atoms with Crippen LogP contribution in [-0.4, -0.2) is 231 Å². The maximum atomic E-state index is 14.0. The second-order valence-electron chi connectivity index (χ2n) is 17.3. The molecule has 3 N–H and O–H groups in total. The molecular formula is C39H58BN9O16. The molecule has 26 heteroatoms. The fourth-order valence-electron chi connectivity index (χ4n) is 8.44. The van der Waals surface area contributed by atoms with Gasteiger partial charge in [0.05, 0.1) is 45.2 Å². The molecule has 6 heterocycles. The molecule has 3 unspecified atom stereocenters. The molecule has 6 atom stereocenters. The maximum Gasteiger partial charge on any atom is 0.622 e. The Balaban J connectivity index is 1.07. The van der Waals surface area contributed by atoms with Crippen molar-refractivity contribution in [3.05, 3.63) is 0 Å². The van der Waals surface area contributed by atoms with E-state index in [1.807, 2.05) is 4.90 Å². The number of likely N-dealkylation sites (N-methyl/N-ethyl adjacent to an activating group) is 1. The normalized spacial score (nSPS) is 30.2. The number of amides is 4. The number of ether oxygens (including phenoxy) is 4. The van der Waals surface area contributed by atoms with E-state index >= 15 is 0 Å². The highest BCUT2D eigenvalue weighted by Gasteiger charge is 2.53. The molecule has 65 heavy (non-hydrogen) atoms. The van der Waals surface area contributed by atoms with E-state index in [1.165, 1.54) is 16.7 Å². The summed E-state index contributed by atoms with van der Waals surface area (Å²) < 4.78 is 32.5. The molecule has 6 aliphatic heterocycles. The lowest BCUT2D eigenvalue weighted by Gasteiger charge is -2.35. The molecule has 6 fully saturated rings. The van der Waals surface area contributed by atoms with Crippen LogP contribution >= 0.6 is 0 Å². The Bertz CT molecular complexity index is 1800. The topological polar surface area (TPSA) is 282 Å². The third-order valence-corrected chi connectivity index (χ3v) is 11.9. The molecule has 0 aromatic heterocycles. The average Bonchev–Trinajstić information content (AvgIpc) is 3.68. The number of carbonyl (C=O) groups excluding carboxylic acids is 10. The van der Waals surface area contributed by atoms with Gasteiger partial charge >= 0.3 is 49.1 Å². The predicted octanol–water partition coefficient (Wildman–Crippen LogP) is -5.01. The zero-order chi connectivity index (χ0) is 47.0. The van der Waals surface area contributed by atoms with Crippen molar-refractivity contribution in [1.82, 2.24) is 45.3 Å². The minimum absolute atomic E-state index is 0.138. The summed E-state index contributed by atoms with van der Waals surface area (Å²) >= 11 is 0. The number of fused-ring (bicyclic) bond motifs is 12. The molecule has 0 aromatic carbocycles. The van der Waals surface area contributed by atoms with Gasteiger partial charge in [0.2, 0.25) is 23.6 Å². The molecule has 5 bridgehead atoms. The summed E-state index contributed by atoms with van der Waals surface area (Å²) in [4.78, 5) is 142. The molecule has 6 rings (SSSR count). The highest BCUT2D eigenvalue weighted by atomic mass is 17.0. The number of nitrogens with zero attached hydrogens (tertiary/aromatic N) is 6. The van der Waals surface area contributed by atoms with Crippen LogP contribution in [0.1, 0.15) is 46.5 Å². The predicted molar refractivity (Wildman–Crippen MR) is 219 cm³/mol. The van der Waals surface area contributed by atoms with Gasteiger partial charge in [-0.15, -0.1) is 0 Å². The monoisotopic (exact) mass is 919 g/mol. The summed E-state index contributed by atoms with van der Waals surface area (Å²) in [6, 6.07) is -3.43. The highest BCUT2D eigenvalue weighted by Crippen LogP contribution is 2.26. The largest absolute Gasteiger partial charge is 0.622 e. The van der Waals surface area contributed by atoms with Crippen LogP contribution in [0.25, 0.3) is 0 Å². The van der Waals surface area contributed by atoms with Gasteiger partial charge in [0, 0.05) is 65.3 Å².